The zero-order valence-corrected chi connectivity index (χ0v) is 12.5. The van der Waals surface area contributed by atoms with E-state index in [-0.39, 0.29) is 12.1 Å². The van der Waals surface area contributed by atoms with Crippen molar-refractivity contribution in [2.24, 2.45) is 0 Å². The number of hydrogen-bond donors (Lipinski definition) is 2. The third-order valence-corrected chi connectivity index (χ3v) is 4.62. The first-order valence-electron chi connectivity index (χ1n) is 6.76. The van der Waals surface area contributed by atoms with Crippen molar-refractivity contribution in [3.8, 4) is 0 Å². The first-order valence-corrected chi connectivity index (χ1v) is 8.05. The number of urea groups is 1. The third-order valence-electron chi connectivity index (χ3n) is 3.45. The van der Waals surface area contributed by atoms with E-state index in [4.69, 9.17) is 4.74 Å². The maximum Gasteiger partial charge on any atom is 0.315 e. The van der Waals surface area contributed by atoms with Gasteiger partial charge in [0.25, 0.3) is 0 Å². The van der Waals surface area contributed by atoms with Crippen molar-refractivity contribution < 1.29 is 9.53 Å². The molecular formula is C13H26N2O2S. The lowest BCUT2D eigenvalue weighted by atomic mass is 9.95. The van der Waals surface area contributed by atoms with Gasteiger partial charge >= 0.3 is 6.03 Å². The van der Waals surface area contributed by atoms with Gasteiger partial charge in [0.15, 0.2) is 0 Å². The molecule has 0 aromatic carbocycles. The Morgan fingerprint density at radius 1 is 1.44 bits per heavy atom. The smallest absolute Gasteiger partial charge is 0.315 e. The van der Waals surface area contributed by atoms with Crippen LogP contribution in [0.5, 0.6) is 0 Å². The van der Waals surface area contributed by atoms with Gasteiger partial charge in [0.2, 0.25) is 0 Å². The van der Waals surface area contributed by atoms with Gasteiger partial charge in [-0.2, -0.15) is 11.8 Å². The molecule has 0 aliphatic heterocycles. The summed E-state index contributed by atoms with van der Waals surface area (Å²) in [5.74, 6) is 0. The highest BCUT2D eigenvalue weighted by atomic mass is 32.2. The van der Waals surface area contributed by atoms with Crippen LogP contribution < -0.4 is 10.6 Å². The van der Waals surface area contributed by atoms with Crippen LogP contribution in [0.2, 0.25) is 0 Å². The number of nitrogens with one attached hydrogen (secondary N) is 2. The van der Waals surface area contributed by atoms with Crippen molar-refractivity contribution in [3.05, 3.63) is 0 Å². The molecule has 0 saturated heterocycles. The molecule has 18 heavy (non-hydrogen) atoms. The number of rotatable bonds is 6. The maximum atomic E-state index is 11.9. The fraction of sp³-hybridized carbons (Fsp3) is 0.923. The quantitative estimate of drug-likeness (QED) is 0.782. The Bertz CT molecular complexity index is 251. The molecule has 4 nitrogen and oxygen atoms in total. The van der Waals surface area contributed by atoms with Crippen LogP contribution >= 0.6 is 11.8 Å². The van der Waals surface area contributed by atoms with Gasteiger partial charge in [0, 0.05) is 31.1 Å². The number of thioether (sulfide) groups is 1. The molecule has 0 heterocycles. The summed E-state index contributed by atoms with van der Waals surface area (Å²) in [7, 11) is 1.68. The first-order chi connectivity index (χ1) is 8.67. The Kier molecular flexibility index (Phi) is 7.51. The van der Waals surface area contributed by atoms with Gasteiger partial charge in [-0.15, -0.1) is 0 Å². The van der Waals surface area contributed by atoms with E-state index in [0.717, 1.165) is 12.8 Å². The van der Waals surface area contributed by atoms with Crippen LogP contribution in [0.25, 0.3) is 0 Å². The number of carbonyl (C=O) groups is 1. The van der Waals surface area contributed by atoms with Crippen LogP contribution in [-0.2, 0) is 4.74 Å². The lowest BCUT2D eigenvalue weighted by molar-refractivity contribution is 0.183. The molecule has 2 N–H and O–H groups in total. The summed E-state index contributed by atoms with van der Waals surface area (Å²) in [6.45, 7) is 2.68. The fourth-order valence-electron chi connectivity index (χ4n) is 2.34. The summed E-state index contributed by atoms with van der Waals surface area (Å²) in [5.41, 5.74) is 0. The molecule has 0 unspecified atom stereocenters. The van der Waals surface area contributed by atoms with Crippen molar-refractivity contribution in [2.45, 2.75) is 56.4 Å². The molecule has 1 rings (SSSR count). The van der Waals surface area contributed by atoms with E-state index in [1.807, 2.05) is 18.7 Å². The minimum atomic E-state index is -0.0375. The van der Waals surface area contributed by atoms with Crippen molar-refractivity contribution >= 4 is 17.8 Å². The highest BCUT2D eigenvalue weighted by molar-refractivity contribution is 7.99. The lowest BCUT2D eigenvalue weighted by Crippen LogP contribution is -2.50. The molecule has 0 bridgehead atoms. The molecule has 1 aliphatic carbocycles. The average molecular weight is 274 g/mol. The predicted molar refractivity (Wildman–Crippen MR) is 77.2 cm³/mol. The summed E-state index contributed by atoms with van der Waals surface area (Å²) in [6.07, 6.45) is 7.80. The number of amides is 2. The molecule has 2 amide bonds. The highest BCUT2D eigenvalue weighted by Gasteiger charge is 2.25. The van der Waals surface area contributed by atoms with Crippen LogP contribution in [0.1, 0.15) is 39.0 Å². The molecule has 106 valence electrons. The molecule has 0 aromatic rings. The number of ether oxygens (including phenoxy) is 1. The summed E-state index contributed by atoms with van der Waals surface area (Å²) in [6, 6.07) is 0.439. The third kappa shape index (κ3) is 5.48. The van der Waals surface area contributed by atoms with Crippen LogP contribution in [-0.4, -0.2) is 43.3 Å². The van der Waals surface area contributed by atoms with Gasteiger partial charge < -0.3 is 15.4 Å². The van der Waals surface area contributed by atoms with Gasteiger partial charge in [0.05, 0.1) is 0 Å². The molecule has 3 atom stereocenters. The predicted octanol–water partition coefficient (Wildman–Crippen LogP) is 2.38. The normalized spacial score (nSPS) is 25.5. The first kappa shape index (κ1) is 15.6. The molecule has 1 fully saturated rings. The average Bonchev–Trinajstić information content (AvgIpc) is 2.36. The van der Waals surface area contributed by atoms with E-state index in [9.17, 15) is 4.79 Å². The largest absolute Gasteiger partial charge is 0.385 e. The van der Waals surface area contributed by atoms with Crippen molar-refractivity contribution in [1.29, 1.82) is 0 Å². The lowest BCUT2D eigenvalue weighted by Gasteiger charge is -2.31. The van der Waals surface area contributed by atoms with E-state index >= 15 is 0 Å². The van der Waals surface area contributed by atoms with Gasteiger partial charge in [-0.3, -0.25) is 0 Å². The Balaban J connectivity index is 2.29. The molecule has 0 radical (unpaired) electrons. The number of carbonyl (C=O) groups excluding carboxylic acids is 1. The minimum Gasteiger partial charge on any atom is -0.385 e. The van der Waals surface area contributed by atoms with Gasteiger partial charge in [-0.05, 0) is 32.4 Å². The van der Waals surface area contributed by atoms with Crippen LogP contribution in [0, 0.1) is 0 Å². The van der Waals surface area contributed by atoms with Gasteiger partial charge in [-0.1, -0.05) is 12.8 Å². The van der Waals surface area contributed by atoms with Crippen molar-refractivity contribution in [3.63, 3.8) is 0 Å². The van der Waals surface area contributed by atoms with E-state index < -0.39 is 0 Å². The highest BCUT2D eigenvalue weighted by Crippen LogP contribution is 2.26. The second kappa shape index (κ2) is 8.64. The van der Waals surface area contributed by atoms with E-state index in [1.54, 1.807) is 7.11 Å². The van der Waals surface area contributed by atoms with Crippen LogP contribution in [0.15, 0.2) is 0 Å². The Labute approximate surface area is 115 Å². The topological polar surface area (TPSA) is 50.4 Å². The Morgan fingerprint density at radius 3 is 2.83 bits per heavy atom. The van der Waals surface area contributed by atoms with E-state index in [1.165, 1.54) is 19.3 Å². The molecule has 1 saturated carbocycles. The second-order valence-electron chi connectivity index (χ2n) is 4.97. The molecule has 0 spiro atoms. The van der Waals surface area contributed by atoms with Crippen molar-refractivity contribution in [2.75, 3.05) is 20.0 Å². The zero-order valence-electron chi connectivity index (χ0n) is 11.7. The molecule has 0 aromatic heterocycles. The van der Waals surface area contributed by atoms with E-state index in [2.05, 4.69) is 16.9 Å². The molecular weight excluding hydrogens is 248 g/mol. The number of methoxy groups -OCH3 is 1. The standard InChI is InChI=1S/C13H26N2O2S/c1-10(8-9-17-2)14-13(16)15-11-6-4-5-7-12(11)18-3/h10-12H,4-9H2,1-3H3,(H2,14,15,16)/t10-,11+,12+/m0/s1. The van der Waals surface area contributed by atoms with Gasteiger partial charge in [-0.25, -0.2) is 4.79 Å². The zero-order chi connectivity index (χ0) is 13.4. The number of hydrogen-bond acceptors (Lipinski definition) is 3. The summed E-state index contributed by atoms with van der Waals surface area (Å²) in [4.78, 5) is 11.9. The summed E-state index contributed by atoms with van der Waals surface area (Å²) < 4.78 is 5.00. The second-order valence-corrected chi connectivity index (χ2v) is 6.04. The SMILES string of the molecule is COCC[C@H](C)NC(=O)N[C@@H]1CCCC[C@H]1SC. The van der Waals surface area contributed by atoms with Gasteiger partial charge in [0.1, 0.15) is 0 Å². The minimum absolute atomic E-state index is 0.0375. The van der Waals surface area contributed by atoms with Crippen LogP contribution in [0.4, 0.5) is 4.79 Å². The fourth-order valence-corrected chi connectivity index (χ4v) is 3.28. The molecule has 5 heteroatoms. The molecule has 1 aliphatic rings. The van der Waals surface area contributed by atoms with Crippen molar-refractivity contribution in [1.82, 2.24) is 10.6 Å². The van der Waals surface area contributed by atoms with E-state index in [0.29, 0.717) is 17.9 Å². The summed E-state index contributed by atoms with van der Waals surface area (Å²) in [5, 5.41) is 6.65. The summed E-state index contributed by atoms with van der Waals surface area (Å²) >= 11 is 1.87. The maximum absolute atomic E-state index is 11.9. The monoisotopic (exact) mass is 274 g/mol. The Morgan fingerprint density at radius 2 is 2.17 bits per heavy atom. The van der Waals surface area contributed by atoms with Crippen LogP contribution in [0.3, 0.4) is 0 Å². The Hall–Kier alpha value is -0.420.